The molecule has 3 N–H and O–H groups in total. The number of likely N-dealkylation sites (N-methyl/N-ethyl adjacent to an activating group) is 1. The van der Waals surface area contributed by atoms with Gasteiger partial charge in [-0.05, 0) is 30.6 Å². The number of nitrogens with zero attached hydrogens (tertiary/aromatic N) is 1. The third-order valence-corrected chi connectivity index (χ3v) is 4.51. The van der Waals surface area contributed by atoms with E-state index in [0.29, 0.717) is 29.5 Å². The minimum Gasteiger partial charge on any atom is -0.486 e. The number of hydrogen-bond acceptors (Lipinski definition) is 6. The van der Waals surface area contributed by atoms with Crippen molar-refractivity contribution in [1.82, 2.24) is 4.90 Å². The summed E-state index contributed by atoms with van der Waals surface area (Å²) in [6.45, 7) is 1.13. The van der Waals surface area contributed by atoms with E-state index >= 15 is 0 Å². The van der Waals surface area contributed by atoms with E-state index in [2.05, 4.69) is 5.32 Å². The lowest BCUT2D eigenvalue weighted by atomic mass is 10.2. The van der Waals surface area contributed by atoms with Crippen molar-refractivity contribution in [2.24, 2.45) is 5.73 Å². The number of fused-ring (bicyclic) bond motifs is 1. The first-order valence-electron chi connectivity index (χ1n) is 7.77. The van der Waals surface area contributed by atoms with Crippen LogP contribution >= 0.6 is 11.3 Å². The molecule has 0 aliphatic carbocycles. The van der Waals surface area contributed by atoms with Gasteiger partial charge in [0.25, 0.3) is 5.91 Å². The lowest BCUT2D eigenvalue weighted by Gasteiger charge is -2.29. The number of ether oxygens (including phenoxy) is 2. The van der Waals surface area contributed by atoms with Crippen molar-refractivity contribution in [2.45, 2.75) is 6.10 Å². The maximum Gasteiger partial charge on any atom is 0.251 e. The minimum absolute atomic E-state index is 0.157. The average molecular weight is 361 g/mol. The molecule has 2 aromatic rings. The Labute approximate surface area is 149 Å². The van der Waals surface area contributed by atoms with Gasteiger partial charge in [-0.2, -0.15) is 0 Å². The zero-order valence-electron chi connectivity index (χ0n) is 13.7. The van der Waals surface area contributed by atoms with Crippen LogP contribution in [0.4, 0.5) is 5.00 Å². The Kier molecular flexibility index (Phi) is 5.20. The van der Waals surface area contributed by atoms with E-state index in [4.69, 9.17) is 15.2 Å². The smallest absolute Gasteiger partial charge is 0.251 e. The summed E-state index contributed by atoms with van der Waals surface area (Å²) in [4.78, 5) is 25.3. The van der Waals surface area contributed by atoms with Crippen molar-refractivity contribution in [2.75, 3.05) is 32.1 Å². The second-order valence-electron chi connectivity index (χ2n) is 5.77. The number of anilines is 1. The van der Waals surface area contributed by atoms with Gasteiger partial charge in [0, 0.05) is 6.54 Å². The maximum atomic E-state index is 12.2. The number of carbonyl (C=O) groups is 2. The number of para-hydroxylation sites is 2. The fourth-order valence-electron chi connectivity index (χ4n) is 2.58. The zero-order valence-corrected chi connectivity index (χ0v) is 14.5. The Bertz CT molecular complexity index is 777. The molecule has 0 saturated heterocycles. The molecule has 0 spiro atoms. The molecule has 0 bridgehead atoms. The van der Waals surface area contributed by atoms with Crippen LogP contribution in [0.1, 0.15) is 10.4 Å². The lowest BCUT2D eigenvalue weighted by Crippen LogP contribution is -2.42. The van der Waals surface area contributed by atoms with Crippen molar-refractivity contribution in [3.63, 3.8) is 0 Å². The van der Waals surface area contributed by atoms with Crippen LogP contribution in [0.15, 0.2) is 35.7 Å². The number of carbonyl (C=O) groups excluding carboxylic acids is 2. The topological polar surface area (TPSA) is 93.9 Å². The highest BCUT2D eigenvalue weighted by Crippen LogP contribution is 2.31. The maximum absolute atomic E-state index is 12.2. The fourth-order valence-corrected chi connectivity index (χ4v) is 3.39. The lowest BCUT2D eigenvalue weighted by molar-refractivity contribution is -0.117. The molecular formula is C17H19N3O4S. The van der Waals surface area contributed by atoms with Crippen LogP contribution in [0, 0.1) is 0 Å². The van der Waals surface area contributed by atoms with Gasteiger partial charge < -0.3 is 20.5 Å². The van der Waals surface area contributed by atoms with Crippen LogP contribution in [0.3, 0.4) is 0 Å². The van der Waals surface area contributed by atoms with Gasteiger partial charge in [0.15, 0.2) is 11.5 Å². The highest BCUT2D eigenvalue weighted by molar-refractivity contribution is 7.14. The Hall–Kier alpha value is -2.58. The monoisotopic (exact) mass is 361 g/mol. The molecule has 2 heterocycles. The second kappa shape index (κ2) is 7.54. The first-order chi connectivity index (χ1) is 12.0. The predicted octanol–water partition coefficient (Wildman–Crippen LogP) is 1.56. The Morgan fingerprint density at radius 3 is 2.84 bits per heavy atom. The third kappa shape index (κ3) is 4.28. The molecule has 2 amide bonds. The first kappa shape index (κ1) is 17.2. The molecule has 25 heavy (non-hydrogen) atoms. The summed E-state index contributed by atoms with van der Waals surface area (Å²) < 4.78 is 11.6. The van der Waals surface area contributed by atoms with E-state index in [1.54, 1.807) is 11.4 Å². The van der Waals surface area contributed by atoms with Gasteiger partial charge in [0.2, 0.25) is 5.91 Å². The molecule has 0 radical (unpaired) electrons. The SMILES string of the molecule is CN(CC(=O)Nc1sccc1C(N)=O)CC1COc2ccccc2O1. The Morgan fingerprint density at radius 1 is 1.32 bits per heavy atom. The van der Waals surface area contributed by atoms with Gasteiger partial charge in [0.1, 0.15) is 17.7 Å². The largest absolute Gasteiger partial charge is 0.486 e. The second-order valence-corrected chi connectivity index (χ2v) is 6.69. The standard InChI is InChI=1S/C17H19N3O4S/c1-20(8-11-10-23-13-4-2-3-5-14(13)24-11)9-15(21)19-17-12(16(18)22)6-7-25-17/h2-7,11H,8-10H2,1H3,(H2,18,22)(H,19,21). The number of benzene rings is 1. The predicted molar refractivity (Wildman–Crippen MR) is 95.3 cm³/mol. The van der Waals surface area contributed by atoms with E-state index in [9.17, 15) is 9.59 Å². The van der Waals surface area contributed by atoms with Crippen molar-refractivity contribution < 1.29 is 19.1 Å². The molecule has 3 rings (SSSR count). The van der Waals surface area contributed by atoms with Gasteiger partial charge >= 0.3 is 0 Å². The summed E-state index contributed by atoms with van der Waals surface area (Å²) in [6, 6.07) is 9.09. The summed E-state index contributed by atoms with van der Waals surface area (Å²) >= 11 is 1.27. The van der Waals surface area contributed by atoms with E-state index in [-0.39, 0.29) is 18.6 Å². The molecule has 1 aliphatic heterocycles. The molecule has 7 nitrogen and oxygen atoms in total. The zero-order chi connectivity index (χ0) is 17.8. The van der Waals surface area contributed by atoms with E-state index in [1.165, 1.54) is 11.3 Å². The molecule has 1 atom stereocenters. The van der Waals surface area contributed by atoms with E-state index in [1.807, 2.05) is 36.2 Å². The number of amides is 2. The summed E-state index contributed by atoms with van der Waals surface area (Å²) in [5.74, 6) is 0.665. The number of primary amides is 1. The Balaban J connectivity index is 1.51. The van der Waals surface area contributed by atoms with Crippen LogP contribution < -0.4 is 20.5 Å². The molecule has 8 heteroatoms. The van der Waals surface area contributed by atoms with E-state index in [0.717, 1.165) is 5.75 Å². The van der Waals surface area contributed by atoms with Crippen molar-refractivity contribution in [3.8, 4) is 11.5 Å². The number of rotatable bonds is 6. The summed E-state index contributed by atoms with van der Waals surface area (Å²) in [7, 11) is 1.83. The van der Waals surface area contributed by atoms with Crippen LogP contribution in [0.5, 0.6) is 11.5 Å². The first-order valence-corrected chi connectivity index (χ1v) is 8.65. The van der Waals surface area contributed by atoms with E-state index < -0.39 is 5.91 Å². The quantitative estimate of drug-likeness (QED) is 0.814. The van der Waals surface area contributed by atoms with Crippen molar-refractivity contribution >= 4 is 28.2 Å². The Morgan fingerprint density at radius 2 is 2.08 bits per heavy atom. The van der Waals surface area contributed by atoms with Crippen LogP contribution in [0.25, 0.3) is 0 Å². The van der Waals surface area contributed by atoms with Gasteiger partial charge in [0.05, 0.1) is 12.1 Å². The number of hydrogen-bond donors (Lipinski definition) is 2. The summed E-state index contributed by atoms with van der Waals surface area (Å²) in [6.07, 6.45) is -0.157. The average Bonchev–Trinajstić information content (AvgIpc) is 3.02. The summed E-state index contributed by atoms with van der Waals surface area (Å²) in [5, 5.41) is 4.90. The highest BCUT2D eigenvalue weighted by atomic mass is 32.1. The fraction of sp³-hybridized carbons (Fsp3) is 0.294. The van der Waals surface area contributed by atoms with Gasteiger partial charge in [-0.25, -0.2) is 0 Å². The molecule has 1 aromatic carbocycles. The van der Waals surface area contributed by atoms with Gasteiger partial charge in [-0.1, -0.05) is 12.1 Å². The summed E-state index contributed by atoms with van der Waals surface area (Å²) in [5.41, 5.74) is 5.60. The number of nitrogens with one attached hydrogen (secondary N) is 1. The molecule has 0 fully saturated rings. The van der Waals surface area contributed by atoms with Gasteiger partial charge in [-0.3, -0.25) is 14.5 Å². The molecule has 132 valence electrons. The molecule has 1 aromatic heterocycles. The van der Waals surface area contributed by atoms with Crippen LogP contribution in [-0.2, 0) is 4.79 Å². The van der Waals surface area contributed by atoms with Crippen LogP contribution in [-0.4, -0.2) is 49.6 Å². The normalized spacial score (nSPS) is 15.8. The number of thiophene rings is 1. The van der Waals surface area contributed by atoms with Crippen LogP contribution in [0.2, 0.25) is 0 Å². The van der Waals surface area contributed by atoms with Crippen molar-refractivity contribution in [1.29, 1.82) is 0 Å². The van der Waals surface area contributed by atoms with Crippen molar-refractivity contribution in [3.05, 3.63) is 41.3 Å². The molecule has 1 aliphatic rings. The highest BCUT2D eigenvalue weighted by Gasteiger charge is 2.23. The minimum atomic E-state index is -0.559. The van der Waals surface area contributed by atoms with Gasteiger partial charge in [-0.15, -0.1) is 11.3 Å². The molecular weight excluding hydrogens is 342 g/mol. The third-order valence-electron chi connectivity index (χ3n) is 3.68. The number of nitrogens with two attached hydrogens (primary N) is 1. The molecule has 1 unspecified atom stereocenters. The molecule has 0 saturated carbocycles.